The van der Waals surface area contributed by atoms with Crippen LogP contribution in [0.4, 0.5) is 0 Å². The minimum Gasteiger partial charge on any atom is -0.380 e. The average Bonchev–Trinajstić information content (AvgIpc) is 2.57. The zero-order valence-corrected chi connectivity index (χ0v) is 9.71. The smallest absolute Gasteiger partial charge is 0.221 e. The van der Waals surface area contributed by atoms with Crippen LogP contribution in [0, 0.1) is 5.92 Å². The molecule has 1 fully saturated rings. The summed E-state index contributed by atoms with van der Waals surface area (Å²) in [6.07, 6.45) is 1.72. The van der Waals surface area contributed by atoms with Crippen molar-refractivity contribution in [2.24, 2.45) is 5.92 Å². The maximum Gasteiger partial charge on any atom is 0.221 e. The van der Waals surface area contributed by atoms with E-state index in [1.54, 1.807) is 0 Å². The maximum atomic E-state index is 10.9. The quantitative estimate of drug-likeness (QED) is 0.608. The topological polar surface area (TPSA) is 50.4 Å². The molecule has 0 spiro atoms. The molecular formula is C11H22N2O2. The second-order valence-electron chi connectivity index (χ2n) is 4.45. The van der Waals surface area contributed by atoms with Gasteiger partial charge in [-0.1, -0.05) is 13.8 Å². The average molecular weight is 214 g/mol. The van der Waals surface area contributed by atoms with Crippen molar-refractivity contribution in [2.45, 2.75) is 32.7 Å². The van der Waals surface area contributed by atoms with Gasteiger partial charge < -0.3 is 15.4 Å². The summed E-state index contributed by atoms with van der Waals surface area (Å²) in [5.41, 5.74) is 0. The van der Waals surface area contributed by atoms with Gasteiger partial charge in [-0.15, -0.1) is 0 Å². The monoisotopic (exact) mass is 214 g/mol. The Hall–Kier alpha value is -0.610. The van der Waals surface area contributed by atoms with Crippen LogP contribution in [0.5, 0.6) is 0 Å². The summed E-state index contributed by atoms with van der Waals surface area (Å²) in [6.45, 7) is 7.54. The summed E-state index contributed by atoms with van der Waals surface area (Å²) < 4.78 is 5.46. The van der Waals surface area contributed by atoms with Crippen LogP contribution in [0.15, 0.2) is 0 Å². The Kier molecular flexibility index (Phi) is 5.65. The molecule has 4 heteroatoms. The summed E-state index contributed by atoms with van der Waals surface area (Å²) in [4.78, 5) is 10.9. The summed E-state index contributed by atoms with van der Waals surface area (Å²) >= 11 is 0. The van der Waals surface area contributed by atoms with Crippen molar-refractivity contribution in [3.63, 3.8) is 0 Å². The van der Waals surface area contributed by atoms with E-state index in [1.165, 1.54) is 0 Å². The largest absolute Gasteiger partial charge is 0.380 e. The lowest BCUT2D eigenvalue weighted by molar-refractivity contribution is -0.119. The Bertz CT molecular complexity index is 195. The normalized spacial score (nSPS) is 21.0. The Morgan fingerprint density at radius 2 is 2.33 bits per heavy atom. The van der Waals surface area contributed by atoms with Crippen molar-refractivity contribution in [1.82, 2.24) is 10.6 Å². The van der Waals surface area contributed by atoms with Crippen molar-refractivity contribution in [2.75, 3.05) is 26.3 Å². The fraction of sp³-hybridized carbons (Fsp3) is 0.909. The Balaban J connectivity index is 1.87. The highest BCUT2D eigenvalue weighted by Crippen LogP contribution is 1.99. The summed E-state index contributed by atoms with van der Waals surface area (Å²) in [7, 11) is 0. The lowest BCUT2D eigenvalue weighted by Crippen LogP contribution is -2.33. The second-order valence-corrected chi connectivity index (χ2v) is 4.45. The molecule has 4 nitrogen and oxygen atoms in total. The molecule has 0 aromatic heterocycles. The fourth-order valence-corrected chi connectivity index (χ4v) is 1.51. The number of carbonyl (C=O) groups excluding carboxylic acids is 1. The summed E-state index contributed by atoms with van der Waals surface area (Å²) in [5, 5.41) is 6.09. The van der Waals surface area contributed by atoms with E-state index < -0.39 is 0 Å². The van der Waals surface area contributed by atoms with E-state index in [2.05, 4.69) is 24.5 Å². The van der Waals surface area contributed by atoms with Gasteiger partial charge >= 0.3 is 0 Å². The molecule has 1 unspecified atom stereocenters. The van der Waals surface area contributed by atoms with Gasteiger partial charge in [0.05, 0.1) is 6.61 Å². The number of ether oxygens (including phenoxy) is 1. The molecule has 2 N–H and O–H groups in total. The Labute approximate surface area is 91.8 Å². The van der Waals surface area contributed by atoms with Gasteiger partial charge in [-0.25, -0.2) is 0 Å². The van der Waals surface area contributed by atoms with Gasteiger partial charge in [0, 0.05) is 32.2 Å². The summed E-state index contributed by atoms with van der Waals surface area (Å²) in [5.74, 6) is 0.850. The molecule has 88 valence electrons. The fourth-order valence-electron chi connectivity index (χ4n) is 1.51. The van der Waals surface area contributed by atoms with Crippen LogP contribution in [0.2, 0.25) is 0 Å². The van der Waals surface area contributed by atoms with Crippen LogP contribution in [-0.2, 0) is 9.53 Å². The van der Waals surface area contributed by atoms with Gasteiger partial charge in [0.1, 0.15) is 0 Å². The molecular weight excluding hydrogens is 192 g/mol. The van der Waals surface area contributed by atoms with E-state index in [1.807, 2.05) is 0 Å². The molecule has 1 heterocycles. The van der Waals surface area contributed by atoms with E-state index >= 15 is 0 Å². The van der Waals surface area contributed by atoms with Crippen molar-refractivity contribution in [3.05, 3.63) is 0 Å². The molecule has 1 atom stereocenters. The first kappa shape index (κ1) is 12.5. The summed E-state index contributed by atoms with van der Waals surface area (Å²) in [6, 6.07) is 0.297. The zero-order chi connectivity index (χ0) is 11.1. The molecule has 1 amide bonds. The van der Waals surface area contributed by atoms with Crippen LogP contribution in [0.1, 0.15) is 26.7 Å². The molecule has 0 radical (unpaired) electrons. The highest BCUT2D eigenvalue weighted by atomic mass is 16.5. The highest BCUT2D eigenvalue weighted by molar-refractivity contribution is 5.78. The molecule has 1 saturated heterocycles. The van der Waals surface area contributed by atoms with E-state index in [0.29, 0.717) is 18.4 Å². The molecule has 1 aliphatic heterocycles. The third-order valence-corrected chi connectivity index (χ3v) is 2.50. The minimum atomic E-state index is 0.147. The van der Waals surface area contributed by atoms with Gasteiger partial charge in [0.25, 0.3) is 0 Å². The van der Waals surface area contributed by atoms with Crippen molar-refractivity contribution in [3.8, 4) is 0 Å². The lowest BCUT2D eigenvalue weighted by Gasteiger charge is -2.10. The van der Waals surface area contributed by atoms with Gasteiger partial charge in [-0.3, -0.25) is 4.79 Å². The first-order chi connectivity index (χ1) is 7.18. The second kappa shape index (κ2) is 6.80. The number of rotatable bonds is 7. The van der Waals surface area contributed by atoms with E-state index in [4.69, 9.17) is 4.74 Å². The minimum absolute atomic E-state index is 0.147. The van der Waals surface area contributed by atoms with Crippen LogP contribution < -0.4 is 10.6 Å². The van der Waals surface area contributed by atoms with Crippen molar-refractivity contribution < 1.29 is 9.53 Å². The first-order valence-corrected chi connectivity index (χ1v) is 5.76. The molecule has 0 bridgehead atoms. The predicted octanol–water partition coefficient (Wildman–Crippen LogP) is 0.527. The Morgan fingerprint density at radius 3 is 2.93 bits per heavy atom. The molecule has 0 aromatic rings. The molecule has 0 aromatic carbocycles. The molecule has 0 aliphatic carbocycles. The third-order valence-electron chi connectivity index (χ3n) is 2.50. The predicted molar refractivity (Wildman–Crippen MR) is 59.7 cm³/mol. The number of carbonyl (C=O) groups is 1. The molecule has 1 aliphatic rings. The molecule has 1 rings (SSSR count). The Morgan fingerprint density at radius 1 is 1.53 bits per heavy atom. The number of nitrogens with one attached hydrogen (secondary N) is 2. The van der Waals surface area contributed by atoms with Crippen LogP contribution >= 0.6 is 0 Å². The molecule has 15 heavy (non-hydrogen) atoms. The SMILES string of the molecule is CC(C)CCOCCNC1CNC(=O)C1. The zero-order valence-electron chi connectivity index (χ0n) is 9.71. The first-order valence-electron chi connectivity index (χ1n) is 5.76. The van der Waals surface area contributed by atoms with Gasteiger partial charge in [-0.2, -0.15) is 0 Å². The lowest BCUT2D eigenvalue weighted by atomic mass is 10.1. The number of hydrogen-bond donors (Lipinski definition) is 2. The highest BCUT2D eigenvalue weighted by Gasteiger charge is 2.19. The van der Waals surface area contributed by atoms with Crippen LogP contribution in [0.3, 0.4) is 0 Å². The van der Waals surface area contributed by atoms with Crippen LogP contribution in [0.25, 0.3) is 0 Å². The van der Waals surface area contributed by atoms with Gasteiger partial charge in [0.2, 0.25) is 5.91 Å². The standard InChI is InChI=1S/C11H22N2O2/c1-9(2)3-5-15-6-4-12-10-7-11(14)13-8-10/h9-10,12H,3-8H2,1-2H3,(H,13,14). The van der Waals surface area contributed by atoms with Gasteiger partial charge in [-0.05, 0) is 12.3 Å². The molecule has 0 saturated carbocycles. The van der Waals surface area contributed by atoms with Crippen molar-refractivity contribution in [1.29, 1.82) is 0 Å². The van der Waals surface area contributed by atoms with E-state index in [9.17, 15) is 4.79 Å². The van der Waals surface area contributed by atoms with E-state index in [-0.39, 0.29) is 5.91 Å². The van der Waals surface area contributed by atoms with Crippen molar-refractivity contribution >= 4 is 5.91 Å². The maximum absolute atomic E-state index is 10.9. The van der Waals surface area contributed by atoms with Gasteiger partial charge in [0.15, 0.2) is 0 Å². The number of hydrogen-bond acceptors (Lipinski definition) is 3. The van der Waals surface area contributed by atoms with E-state index in [0.717, 1.165) is 32.7 Å². The third kappa shape index (κ3) is 5.74. The number of amides is 1. The van der Waals surface area contributed by atoms with Crippen LogP contribution in [-0.4, -0.2) is 38.3 Å².